The number of benzene rings is 2. The number of Topliss-reactive ketones (excluding diaryl/α,β-unsaturated/α-hetero) is 1. The quantitative estimate of drug-likeness (QED) is 0.182. The lowest BCUT2D eigenvalue weighted by molar-refractivity contribution is -0.145. The molecule has 1 saturated heterocycles. The lowest BCUT2D eigenvalue weighted by Crippen LogP contribution is -2.61. The Bertz CT molecular complexity index is 1760. The topological polar surface area (TPSA) is 192 Å². The van der Waals surface area contributed by atoms with Crippen molar-refractivity contribution in [1.82, 2.24) is 35.8 Å². The Morgan fingerprint density at radius 2 is 1.65 bits per heavy atom. The molecule has 4 rings (SSSR count). The number of hydrogen-bond donors (Lipinski definition) is 3. The van der Waals surface area contributed by atoms with E-state index in [0.29, 0.717) is 37.4 Å². The number of rotatable bonds is 17. The Balaban J connectivity index is 1.43. The van der Waals surface area contributed by atoms with Crippen molar-refractivity contribution in [2.24, 2.45) is 0 Å². The summed E-state index contributed by atoms with van der Waals surface area (Å²) in [5.74, 6) is -0.626. The first-order valence-electron chi connectivity index (χ1n) is 18.3. The van der Waals surface area contributed by atoms with Crippen LogP contribution in [0.4, 0.5) is 9.59 Å². The van der Waals surface area contributed by atoms with Crippen LogP contribution in [0.1, 0.15) is 71.2 Å². The lowest BCUT2D eigenvalue weighted by Gasteiger charge is -2.36. The van der Waals surface area contributed by atoms with Gasteiger partial charge in [-0.25, -0.2) is 9.59 Å². The van der Waals surface area contributed by atoms with Crippen LogP contribution < -0.4 is 20.7 Å². The summed E-state index contributed by atoms with van der Waals surface area (Å²) in [7, 11) is 1.55. The molecule has 0 unspecified atom stereocenters. The number of carbonyl (C=O) groups is 5. The van der Waals surface area contributed by atoms with Crippen LogP contribution in [0.25, 0.3) is 0 Å². The summed E-state index contributed by atoms with van der Waals surface area (Å²) >= 11 is 0. The summed E-state index contributed by atoms with van der Waals surface area (Å²) in [6.45, 7) is 10.8. The standard InChI is InChI=1S/C39H53N7O9/c1-26(53-25-30-23-45(44-43-30)21-19-40-36(50)54-24-29-12-9-8-10-13-29)33(42-37(51)55-38(3,4)5)34(48)41-32(22-28-14-16-31(52-7)17-15-28)35(49)46-20-11-18-39(46,6)27(2)47/h8-10,12-17,23,26,32-33H,11,18-22,24-25H2,1-7H3,(H,40,50)(H,41,48)(H,42,51)/t26-,32+,33+,39+/m1/s1. The van der Waals surface area contributed by atoms with Gasteiger partial charge in [0.2, 0.25) is 11.8 Å². The third-order valence-electron chi connectivity index (χ3n) is 9.21. The van der Waals surface area contributed by atoms with Gasteiger partial charge in [-0.2, -0.15) is 0 Å². The molecule has 298 valence electrons. The minimum Gasteiger partial charge on any atom is -0.497 e. The van der Waals surface area contributed by atoms with Gasteiger partial charge in [-0.3, -0.25) is 19.1 Å². The average Bonchev–Trinajstić information content (AvgIpc) is 3.78. The smallest absolute Gasteiger partial charge is 0.408 e. The van der Waals surface area contributed by atoms with E-state index in [4.69, 9.17) is 18.9 Å². The number of ether oxygens (including phenoxy) is 4. The van der Waals surface area contributed by atoms with Gasteiger partial charge in [-0.15, -0.1) is 5.10 Å². The molecule has 2 heterocycles. The normalized spacial score (nSPS) is 17.0. The molecule has 16 heteroatoms. The van der Waals surface area contributed by atoms with Crippen molar-refractivity contribution in [1.29, 1.82) is 0 Å². The van der Waals surface area contributed by atoms with Crippen molar-refractivity contribution in [2.75, 3.05) is 20.2 Å². The summed E-state index contributed by atoms with van der Waals surface area (Å²) in [4.78, 5) is 67.7. The zero-order valence-electron chi connectivity index (χ0n) is 32.6. The van der Waals surface area contributed by atoms with Gasteiger partial charge < -0.3 is 39.8 Å². The first-order valence-corrected chi connectivity index (χ1v) is 18.3. The number of hydrogen-bond acceptors (Lipinski definition) is 11. The summed E-state index contributed by atoms with van der Waals surface area (Å²) in [5.41, 5.74) is 0.173. The minimum atomic E-state index is -1.31. The van der Waals surface area contributed by atoms with Crippen molar-refractivity contribution in [3.8, 4) is 5.75 Å². The fraction of sp³-hybridized carbons (Fsp3) is 0.513. The molecule has 1 aliphatic rings. The second-order valence-electron chi connectivity index (χ2n) is 14.6. The van der Waals surface area contributed by atoms with Crippen molar-refractivity contribution in [3.63, 3.8) is 0 Å². The number of likely N-dealkylation sites (tertiary alicyclic amines) is 1. The highest BCUT2D eigenvalue weighted by atomic mass is 16.6. The Morgan fingerprint density at radius 3 is 2.31 bits per heavy atom. The van der Waals surface area contributed by atoms with E-state index in [0.717, 1.165) is 11.1 Å². The van der Waals surface area contributed by atoms with E-state index >= 15 is 0 Å². The second kappa shape index (κ2) is 19.2. The van der Waals surface area contributed by atoms with Crippen molar-refractivity contribution >= 4 is 29.8 Å². The number of nitrogens with one attached hydrogen (secondary N) is 3. The highest BCUT2D eigenvalue weighted by Crippen LogP contribution is 2.31. The van der Waals surface area contributed by atoms with E-state index in [1.54, 1.807) is 72.2 Å². The highest BCUT2D eigenvalue weighted by molar-refractivity contribution is 5.96. The van der Waals surface area contributed by atoms with Crippen LogP contribution >= 0.6 is 0 Å². The van der Waals surface area contributed by atoms with E-state index < -0.39 is 53.3 Å². The molecule has 0 bridgehead atoms. The number of amides is 4. The maximum absolute atomic E-state index is 14.2. The van der Waals surface area contributed by atoms with Gasteiger partial charge in [0.15, 0.2) is 5.78 Å². The number of nitrogens with zero attached hydrogens (tertiary/aromatic N) is 4. The summed E-state index contributed by atoms with van der Waals surface area (Å²) in [5, 5.41) is 16.3. The zero-order chi connectivity index (χ0) is 40.2. The second-order valence-corrected chi connectivity index (χ2v) is 14.6. The average molecular weight is 764 g/mol. The number of aromatic nitrogens is 3. The molecule has 1 aromatic heterocycles. The van der Waals surface area contributed by atoms with Gasteiger partial charge in [-0.05, 0) is 77.6 Å². The van der Waals surface area contributed by atoms with Crippen LogP contribution in [0.5, 0.6) is 5.75 Å². The van der Waals surface area contributed by atoms with Crippen molar-refractivity contribution in [2.45, 2.75) is 110 Å². The van der Waals surface area contributed by atoms with Crippen molar-refractivity contribution in [3.05, 3.63) is 77.6 Å². The molecule has 0 saturated carbocycles. The van der Waals surface area contributed by atoms with Crippen LogP contribution in [0.3, 0.4) is 0 Å². The van der Waals surface area contributed by atoms with Crippen LogP contribution in [0, 0.1) is 0 Å². The molecule has 0 radical (unpaired) electrons. The summed E-state index contributed by atoms with van der Waals surface area (Å²) in [6.07, 6.45) is 0.524. The Kier molecular flexibility index (Phi) is 14.7. The number of ketones is 1. The molecule has 1 aliphatic heterocycles. The Morgan fingerprint density at radius 1 is 0.945 bits per heavy atom. The maximum Gasteiger partial charge on any atom is 0.408 e. The summed E-state index contributed by atoms with van der Waals surface area (Å²) < 4.78 is 23.5. The molecule has 16 nitrogen and oxygen atoms in total. The largest absolute Gasteiger partial charge is 0.497 e. The van der Waals surface area contributed by atoms with Gasteiger partial charge in [0, 0.05) is 19.5 Å². The fourth-order valence-electron chi connectivity index (χ4n) is 6.03. The molecule has 4 atom stereocenters. The first kappa shape index (κ1) is 42.2. The van der Waals surface area contributed by atoms with Gasteiger partial charge in [-0.1, -0.05) is 47.7 Å². The molecule has 55 heavy (non-hydrogen) atoms. The van der Waals surface area contributed by atoms with E-state index in [1.165, 1.54) is 16.5 Å². The van der Waals surface area contributed by atoms with E-state index in [-0.39, 0.29) is 32.0 Å². The third kappa shape index (κ3) is 12.5. The molecule has 2 aromatic carbocycles. The number of alkyl carbamates (subject to hydrolysis) is 2. The van der Waals surface area contributed by atoms with E-state index in [2.05, 4.69) is 26.3 Å². The van der Waals surface area contributed by atoms with Gasteiger partial charge in [0.1, 0.15) is 35.7 Å². The predicted octanol–water partition coefficient (Wildman–Crippen LogP) is 3.71. The van der Waals surface area contributed by atoms with Crippen LogP contribution in [-0.4, -0.2) is 99.2 Å². The molecule has 0 spiro atoms. The van der Waals surface area contributed by atoms with E-state index in [1.807, 2.05) is 30.3 Å². The Hall–Kier alpha value is -5.51. The number of methoxy groups -OCH3 is 1. The minimum absolute atomic E-state index is 0.0769. The molecule has 0 aliphatic carbocycles. The number of carbonyl (C=O) groups excluding carboxylic acids is 5. The predicted molar refractivity (Wildman–Crippen MR) is 201 cm³/mol. The van der Waals surface area contributed by atoms with E-state index in [9.17, 15) is 24.0 Å². The lowest BCUT2D eigenvalue weighted by atomic mass is 9.93. The molecule has 4 amide bonds. The molecular formula is C39H53N7O9. The van der Waals surface area contributed by atoms with Gasteiger partial charge in [0.05, 0.1) is 38.1 Å². The Labute approximate surface area is 321 Å². The first-order chi connectivity index (χ1) is 26.1. The SMILES string of the molecule is COc1ccc(C[C@H](NC(=O)[C@@H](NC(=O)OC(C)(C)C)[C@@H](C)OCc2cn(CCNC(=O)OCc3ccccc3)nn2)C(=O)N2CCC[C@@]2(C)C(C)=O)cc1. The van der Waals surface area contributed by atoms with Gasteiger partial charge in [0.25, 0.3) is 0 Å². The molecule has 1 fully saturated rings. The van der Waals surface area contributed by atoms with Gasteiger partial charge >= 0.3 is 12.2 Å². The molecular weight excluding hydrogens is 710 g/mol. The third-order valence-corrected chi connectivity index (χ3v) is 9.21. The monoisotopic (exact) mass is 763 g/mol. The van der Waals surface area contributed by atoms with Crippen LogP contribution in [0.2, 0.25) is 0 Å². The highest BCUT2D eigenvalue weighted by Gasteiger charge is 2.46. The van der Waals surface area contributed by atoms with Crippen LogP contribution in [-0.2, 0) is 54.8 Å². The van der Waals surface area contributed by atoms with Crippen LogP contribution in [0.15, 0.2) is 60.8 Å². The zero-order valence-corrected chi connectivity index (χ0v) is 32.6. The molecule has 3 N–H and O–H groups in total. The molecule has 3 aromatic rings. The fourth-order valence-corrected chi connectivity index (χ4v) is 6.03. The maximum atomic E-state index is 14.2. The summed E-state index contributed by atoms with van der Waals surface area (Å²) in [6, 6.07) is 14.0. The van der Waals surface area contributed by atoms with Crippen molar-refractivity contribution < 1.29 is 42.9 Å².